The first-order valence-electron chi connectivity index (χ1n) is 3.47. The van der Waals surface area contributed by atoms with Gasteiger partial charge in [-0.05, 0) is 0 Å². The van der Waals surface area contributed by atoms with Crippen LogP contribution in [0.15, 0.2) is 0 Å². The van der Waals surface area contributed by atoms with E-state index in [4.69, 9.17) is 30.6 Å². The van der Waals surface area contributed by atoms with Gasteiger partial charge in [0.1, 0.15) is 18.3 Å². The van der Waals surface area contributed by atoms with Crippen LogP contribution in [0.1, 0.15) is 0 Å². The predicted molar refractivity (Wildman–Crippen MR) is 49.6 cm³/mol. The van der Waals surface area contributed by atoms with Crippen LogP contribution in [0.4, 0.5) is 0 Å². The Morgan fingerprint density at radius 2 is 1.31 bits per heavy atom. The molecule has 16 heavy (non-hydrogen) atoms. The summed E-state index contributed by atoms with van der Waals surface area (Å²) in [5, 5.41) is 51.8. The molecule has 102 valence electrons. The summed E-state index contributed by atoms with van der Waals surface area (Å²) < 4.78 is 0. The van der Waals surface area contributed by atoms with E-state index in [0.29, 0.717) is 0 Å². The largest absolute Gasteiger partial charge is 0.479 e. The van der Waals surface area contributed by atoms with Crippen molar-refractivity contribution in [2.45, 2.75) is 24.4 Å². The SMILES string of the molecule is O.O.O.O=C(O)[C@H](O)[C@@H](O)[C@H](O)[C@H](O)CO. The van der Waals surface area contributed by atoms with Crippen LogP contribution in [0.5, 0.6) is 0 Å². The molecule has 0 spiro atoms. The molecule has 0 aromatic carbocycles. The summed E-state index contributed by atoms with van der Waals surface area (Å²) >= 11 is 0. The van der Waals surface area contributed by atoms with Gasteiger partial charge < -0.3 is 47.1 Å². The summed E-state index contributed by atoms with van der Waals surface area (Å²) in [7, 11) is 0. The maximum Gasteiger partial charge on any atom is 0.335 e. The highest BCUT2D eigenvalue weighted by Crippen LogP contribution is 2.04. The molecule has 0 aliphatic carbocycles. The molecular formula is C6H18O10. The van der Waals surface area contributed by atoms with E-state index in [1.54, 1.807) is 0 Å². The van der Waals surface area contributed by atoms with Crippen LogP contribution in [-0.4, -0.2) is 84.1 Å². The molecule has 0 amide bonds. The number of rotatable bonds is 5. The molecule has 0 unspecified atom stereocenters. The first-order chi connectivity index (χ1) is 5.91. The summed E-state index contributed by atoms with van der Waals surface area (Å²) in [4.78, 5) is 10.1. The van der Waals surface area contributed by atoms with Crippen LogP contribution in [0.25, 0.3) is 0 Å². The van der Waals surface area contributed by atoms with Gasteiger partial charge in [0.25, 0.3) is 0 Å². The van der Waals surface area contributed by atoms with E-state index in [1.165, 1.54) is 0 Å². The molecule has 0 saturated heterocycles. The molecule has 0 fully saturated rings. The van der Waals surface area contributed by atoms with Crippen molar-refractivity contribution in [1.82, 2.24) is 0 Å². The van der Waals surface area contributed by atoms with Crippen molar-refractivity contribution in [1.29, 1.82) is 0 Å². The van der Waals surface area contributed by atoms with Gasteiger partial charge in [-0.1, -0.05) is 0 Å². The number of aliphatic hydroxyl groups excluding tert-OH is 5. The topological polar surface area (TPSA) is 233 Å². The molecule has 0 bridgehead atoms. The zero-order chi connectivity index (χ0) is 10.6. The standard InChI is InChI=1S/C6H12O7.3H2O/c7-1-2(8)3(9)4(10)5(11)6(12)13;;;/h2-5,7-11H,1H2,(H,12,13);3*1H2/t2-,3-,4+,5-;;;/m1.../s1. The van der Waals surface area contributed by atoms with E-state index in [2.05, 4.69) is 0 Å². The van der Waals surface area contributed by atoms with Crippen LogP contribution in [0.3, 0.4) is 0 Å². The fourth-order valence-electron chi connectivity index (χ4n) is 0.668. The molecule has 10 nitrogen and oxygen atoms in total. The Bertz CT molecular complexity index is 173. The van der Waals surface area contributed by atoms with Crippen molar-refractivity contribution in [2.75, 3.05) is 6.61 Å². The quantitative estimate of drug-likeness (QED) is 0.276. The number of hydrogen-bond acceptors (Lipinski definition) is 6. The summed E-state index contributed by atoms with van der Waals surface area (Å²) in [6.45, 7) is -0.843. The minimum Gasteiger partial charge on any atom is -0.479 e. The summed E-state index contributed by atoms with van der Waals surface area (Å²) in [5.74, 6) is -1.73. The predicted octanol–water partition coefficient (Wildman–Crippen LogP) is -5.97. The molecule has 12 N–H and O–H groups in total. The molecule has 0 aliphatic heterocycles. The minimum absolute atomic E-state index is 0. The fraction of sp³-hybridized carbons (Fsp3) is 0.833. The van der Waals surface area contributed by atoms with Crippen molar-refractivity contribution >= 4 is 5.97 Å². The number of aliphatic hydroxyl groups is 5. The molecule has 0 rings (SSSR count). The number of carbonyl (C=O) groups is 1. The van der Waals surface area contributed by atoms with E-state index in [0.717, 1.165) is 0 Å². The molecule has 10 heteroatoms. The van der Waals surface area contributed by atoms with Gasteiger partial charge in [0.05, 0.1) is 6.61 Å². The first-order valence-corrected chi connectivity index (χ1v) is 3.47. The maximum atomic E-state index is 10.1. The van der Waals surface area contributed by atoms with E-state index in [1.807, 2.05) is 0 Å². The second-order valence-corrected chi connectivity index (χ2v) is 2.51. The van der Waals surface area contributed by atoms with Gasteiger partial charge in [-0.2, -0.15) is 0 Å². The Hall–Kier alpha value is -0.850. The zero-order valence-electron chi connectivity index (χ0n) is 8.11. The van der Waals surface area contributed by atoms with Crippen LogP contribution < -0.4 is 0 Å². The highest BCUT2D eigenvalue weighted by molar-refractivity contribution is 5.72. The van der Waals surface area contributed by atoms with E-state index < -0.39 is 37.0 Å². The van der Waals surface area contributed by atoms with E-state index >= 15 is 0 Å². The van der Waals surface area contributed by atoms with Gasteiger partial charge in [-0.3, -0.25) is 0 Å². The van der Waals surface area contributed by atoms with Gasteiger partial charge >= 0.3 is 5.97 Å². The third-order valence-corrected chi connectivity index (χ3v) is 1.51. The Kier molecular flexibility index (Phi) is 16.3. The number of aliphatic carboxylic acids is 1. The lowest BCUT2D eigenvalue weighted by molar-refractivity contribution is -0.164. The smallest absolute Gasteiger partial charge is 0.335 e. The summed E-state index contributed by atoms with van der Waals surface area (Å²) in [6, 6.07) is 0. The molecule has 0 radical (unpaired) electrons. The van der Waals surface area contributed by atoms with E-state index in [-0.39, 0.29) is 16.4 Å². The van der Waals surface area contributed by atoms with Crippen molar-refractivity contribution in [2.24, 2.45) is 0 Å². The highest BCUT2D eigenvalue weighted by Gasteiger charge is 2.33. The first kappa shape index (κ1) is 24.4. The van der Waals surface area contributed by atoms with Gasteiger partial charge in [-0.15, -0.1) is 0 Å². The zero-order valence-corrected chi connectivity index (χ0v) is 8.11. The molecule has 0 saturated carbocycles. The van der Waals surface area contributed by atoms with Crippen LogP contribution in [-0.2, 0) is 4.79 Å². The number of hydrogen-bond donors (Lipinski definition) is 6. The van der Waals surface area contributed by atoms with Crippen molar-refractivity contribution in [3.63, 3.8) is 0 Å². The van der Waals surface area contributed by atoms with Gasteiger partial charge in [0, 0.05) is 0 Å². The van der Waals surface area contributed by atoms with Crippen molar-refractivity contribution in [3.05, 3.63) is 0 Å². The molecule has 0 aromatic rings. The molecule has 0 heterocycles. The van der Waals surface area contributed by atoms with Crippen molar-refractivity contribution in [3.8, 4) is 0 Å². The van der Waals surface area contributed by atoms with Crippen LogP contribution in [0, 0.1) is 0 Å². The molecule has 0 aliphatic rings. The molecule has 0 aromatic heterocycles. The monoisotopic (exact) mass is 250 g/mol. The number of carboxylic acids is 1. The van der Waals surface area contributed by atoms with Crippen LogP contribution >= 0.6 is 0 Å². The fourth-order valence-corrected chi connectivity index (χ4v) is 0.668. The minimum atomic E-state index is -2.20. The Morgan fingerprint density at radius 3 is 1.56 bits per heavy atom. The van der Waals surface area contributed by atoms with Gasteiger partial charge in [0.2, 0.25) is 0 Å². The van der Waals surface area contributed by atoms with E-state index in [9.17, 15) is 4.79 Å². The highest BCUT2D eigenvalue weighted by atomic mass is 16.4. The van der Waals surface area contributed by atoms with Crippen LogP contribution in [0.2, 0.25) is 0 Å². The second kappa shape index (κ2) is 10.7. The lowest BCUT2D eigenvalue weighted by Gasteiger charge is -2.23. The van der Waals surface area contributed by atoms with Gasteiger partial charge in [-0.25, -0.2) is 4.79 Å². The molecule has 4 atom stereocenters. The van der Waals surface area contributed by atoms with Crippen molar-refractivity contribution < 1.29 is 51.9 Å². The Balaban J connectivity index is -0.000000240. The second-order valence-electron chi connectivity index (χ2n) is 2.51. The number of carboxylic acid groups (broad SMARTS) is 1. The molecular weight excluding hydrogens is 232 g/mol. The lowest BCUT2D eigenvalue weighted by atomic mass is 10.0. The summed E-state index contributed by atoms with van der Waals surface area (Å²) in [6.07, 6.45) is -7.84. The Labute approximate surface area is 89.9 Å². The average molecular weight is 250 g/mol. The maximum absolute atomic E-state index is 10.1. The lowest BCUT2D eigenvalue weighted by Crippen LogP contribution is -2.48. The van der Waals surface area contributed by atoms with Gasteiger partial charge in [0.15, 0.2) is 6.10 Å². The average Bonchev–Trinajstić information content (AvgIpc) is 2.12. The third-order valence-electron chi connectivity index (χ3n) is 1.51. The Morgan fingerprint density at radius 1 is 0.938 bits per heavy atom. The summed E-state index contributed by atoms with van der Waals surface area (Å²) in [5.41, 5.74) is 0. The normalized spacial score (nSPS) is 16.6. The third kappa shape index (κ3) is 6.60.